The second kappa shape index (κ2) is 7.04. The summed E-state index contributed by atoms with van der Waals surface area (Å²) in [6.45, 7) is 5.37. The SMILES string of the molecule is CC(C)(c1ccccc1)c1ccc(OCC2CC=CCC2)cc1. The van der Waals surface area contributed by atoms with E-state index in [9.17, 15) is 0 Å². The van der Waals surface area contributed by atoms with Crippen LogP contribution in [0.4, 0.5) is 0 Å². The fourth-order valence-electron chi connectivity index (χ4n) is 3.21. The second-order valence-electron chi connectivity index (χ2n) is 6.98. The number of rotatable bonds is 5. The molecule has 1 unspecified atom stereocenters. The molecule has 0 saturated carbocycles. The molecule has 0 bridgehead atoms. The van der Waals surface area contributed by atoms with Gasteiger partial charge in [0.15, 0.2) is 0 Å². The maximum Gasteiger partial charge on any atom is 0.119 e. The maximum atomic E-state index is 5.98. The molecule has 2 aromatic rings. The third-order valence-electron chi connectivity index (χ3n) is 4.93. The Morgan fingerprint density at radius 2 is 1.61 bits per heavy atom. The lowest BCUT2D eigenvalue weighted by molar-refractivity contribution is 0.239. The van der Waals surface area contributed by atoms with Crippen molar-refractivity contribution in [2.24, 2.45) is 5.92 Å². The largest absolute Gasteiger partial charge is 0.493 e. The summed E-state index contributed by atoms with van der Waals surface area (Å²) in [6.07, 6.45) is 8.15. The van der Waals surface area contributed by atoms with Gasteiger partial charge in [0.1, 0.15) is 5.75 Å². The first kappa shape index (κ1) is 15.9. The van der Waals surface area contributed by atoms with Crippen LogP contribution in [0.5, 0.6) is 5.75 Å². The standard InChI is InChI=1S/C22H26O/c1-22(2,19-11-7-4-8-12-19)20-13-15-21(16-14-20)23-17-18-9-5-3-6-10-18/h3-5,7-8,11-16,18H,6,9-10,17H2,1-2H3. The predicted octanol–water partition coefficient (Wildman–Crippen LogP) is 5.75. The Labute approximate surface area is 140 Å². The zero-order valence-corrected chi connectivity index (χ0v) is 14.2. The van der Waals surface area contributed by atoms with Crippen LogP contribution in [0, 0.1) is 5.92 Å². The molecule has 1 aliphatic rings. The van der Waals surface area contributed by atoms with Crippen molar-refractivity contribution in [2.45, 2.75) is 38.5 Å². The molecular weight excluding hydrogens is 280 g/mol. The molecule has 0 fully saturated rings. The number of allylic oxidation sites excluding steroid dienone is 2. The lowest BCUT2D eigenvalue weighted by Gasteiger charge is -2.26. The number of hydrogen-bond acceptors (Lipinski definition) is 1. The van der Waals surface area contributed by atoms with Gasteiger partial charge in [0.25, 0.3) is 0 Å². The fraction of sp³-hybridized carbons (Fsp3) is 0.364. The lowest BCUT2D eigenvalue weighted by atomic mass is 9.78. The molecule has 0 aliphatic heterocycles. The highest BCUT2D eigenvalue weighted by Crippen LogP contribution is 2.32. The second-order valence-corrected chi connectivity index (χ2v) is 6.98. The first-order valence-corrected chi connectivity index (χ1v) is 8.60. The Hall–Kier alpha value is -2.02. The van der Waals surface area contributed by atoms with Gasteiger partial charge in [-0.1, -0.05) is 68.5 Å². The molecule has 1 nitrogen and oxygen atoms in total. The molecule has 120 valence electrons. The number of ether oxygens (including phenoxy) is 1. The summed E-state index contributed by atoms with van der Waals surface area (Å²) in [5.41, 5.74) is 2.66. The monoisotopic (exact) mass is 306 g/mol. The summed E-state index contributed by atoms with van der Waals surface area (Å²) < 4.78 is 5.98. The van der Waals surface area contributed by atoms with E-state index in [1.165, 1.54) is 24.0 Å². The summed E-state index contributed by atoms with van der Waals surface area (Å²) in [7, 11) is 0. The topological polar surface area (TPSA) is 9.23 Å². The molecule has 3 rings (SSSR count). The van der Waals surface area contributed by atoms with Crippen molar-refractivity contribution in [3.63, 3.8) is 0 Å². The fourth-order valence-corrected chi connectivity index (χ4v) is 3.21. The van der Waals surface area contributed by atoms with Crippen molar-refractivity contribution >= 4 is 0 Å². The Morgan fingerprint density at radius 3 is 2.26 bits per heavy atom. The van der Waals surface area contributed by atoms with Gasteiger partial charge in [-0.15, -0.1) is 0 Å². The van der Waals surface area contributed by atoms with Crippen molar-refractivity contribution in [3.8, 4) is 5.75 Å². The van der Waals surface area contributed by atoms with E-state index in [-0.39, 0.29) is 5.41 Å². The third-order valence-corrected chi connectivity index (χ3v) is 4.93. The van der Waals surface area contributed by atoms with Crippen LogP contribution >= 0.6 is 0 Å². The highest BCUT2D eigenvalue weighted by molar-refractivity contribution is 5.39. The molecule has 0 amide bonds. The van der Waals surface area contributed by atoms with Crippen LogP contribution in [0.15, 0.2) is 66.7 Å². The van der Waals surface area contributed by atoms with Gasteiger partial charge in [0, 0.05) is 5.41 Å². The third kappa shape index (κ3) is 3.85. The molecule has 1 atom stereocenters. The van der Waals surface area contributed by atoms with E-state index in [2.05, 4.69) is 80.6 Å². The summed E-state index contributed by atoms with van der Waals surface area (Å²) >= 11 is 0. The molecule has 0 spiro atoms. The van der Waals surface area contributed by atoms with Gasteiger partial charge < -0.3 is 4.74 Å². The zero-order valence-electron chi connectivity index (χ0n) is 14.2. The van der Waals surface area contributed by atoms with Crippen LogP contribution in [0.1, 0.15) is 44.2 Å². The molecule has 23 heavy (non-hydrogen) atoms. The van der Waals surface area contributed by atoms with Crippen LogP contribution in [0.3, 0.4) is 0 Å². The molecule has 1 aliphatic carbocycles. The zero-order chi connectivity index (χ0) is 16.1. The minimum Gasteiger partial charge on any atom is -0.493 e. The normalized spacial score (nSPS) is 17.9. The highest BCUT2D eigenvalue weighted by atomic mass is 16.5. The highest BCUT2D eigenvalue weighted by Gasteiger charge is 2.22. The molecule has 0 saturated heterocycles. The molecule has 0 N–H and O–H groups in total. The quantitative estimate of drug-likeness (QED) is 0.639. The Bertz CT molecular complexity index is 637. The van der Waals surface area contributed by atoms with Crippen LogP contribution in [0.2, 0.25) is 0 Å². The average Bonchev–Trinajstić information content (AvgIpc) is 2.62. The van der Waals surface area contributed by atoms with E-state index < -0.39 is 0 Å². The Balaban J connectivity index is 1.65. The van der Waals surface area contributed by atoms with Crippen molar-refractivity contribution in [1.29, 1.82) is 0 Å². The van der Waals surface area contributed by atoms with Gasteiger partial charge in [-0.25, -0.2) is 0 Å². The van der Waals surface area contributed by atoms with E-state index in [0.717, 1.165) is 18.8 Å². The van der Waals surface area contributed by atoms with E-state index in [0.29, 0.717) is 5.92 Å². The average molecular weight is 306 g/mol. The van der Waals surface area contributed by atoms with E-state index in [1.807, 2.05) is 0 Å². The number of hydrogen-bond donors (Lipinski definition) is 0. The minimum absolute atomic E-state index is 0.00789. The van der Waals surface area contributed by atoms with Crippen molar-refractivity contribution in [3.05, 3.63) is 77.9 Å². The molecule has 0 heterocycles. The summed E-state index contributed by atoms with van der Waals surface area (Å²) in [6, 6.07) is 19.3. The van der Waals surface area contributed by atoms with Gasteiger partial charge in [-0.2, -0.15) is 0 Å². The van der Waals surface area contributed by atoms with E-state index in [1.54, 1.807) is 0 Å². The molecule has 0 aromatic heterocycles. The number of benzene rings is 2. The molecule has 0 radical (unpaired) electrons. The van der Waals surface area contributed by atoms with Crippen molar-refractivity contribution in [1.82, 2.24) is 0 Å². The Kier molecular flexibility index (Phi) is 4.85. The molecule has 2 aromatic carbocycles. The van der Waals surface area contributed by atoms with Crippen molar-refractivity contribution in [2.75, 3.05) is 6.61 Å². The maximum absolute atomic E-state index is 5.98. The van der Waals surface area contributed by atoms with E-state index >= 15 is 0 Å². The van der Waals surface area contributed by atoms with Gasteiger partial charge in [-0.3, -0.25) is 0 Å². The Morgan fingerprint density at radius 1 is 0.913 bits per heavy atom. The summed E-state index contributed by atoms with van der Waals surface area (Å²) in [5.74, 6) is 1.65. The van der Waals surface area contributed by atoms with Crippen LogP contribution in [-0.4, -0.2) is 6.61 Å². The predicted molar refractivity (Wildman–Crippen MR) is 97.0 cm³/mol. The summed E-state index contributed by atoms with van der Waals surface area (Å²) in [4.78, 5) is 0. The van der Waals surface area contributed by atoms with E-state index in [4.69, 9.17) is 4.74 Å². The first-order valence-electron chi connectivity index (χ1n) is 8.60. The smallest absolute Gasteiger partial charge is 0.119 e. The first-order chi connectivity index (χ1) is 11.2. The van der Waals surface area contributed by atoms with Gasteiger partial charge >= 0.3 is 0 Å². The van der Waals surface area contributed by atoms with Crippen LogP contribution in [-0.2, 0) is 5.41 Å². The lowest BCUT2D eigenvalue weighted by Crippen LogP contribution is -2.18. The minimum atomic E-state index is 0.00789. The van der Waals surface area contributed by atoms with Gasteiger partial charge in [0.2, 0.25) is 0 Å². The van der Waals surface area contributed by atoms with Gasteiger partial charge in [-0.05, 0) is 48.4 Å². The van der Waals surface area contributed by atoms with Gasteiger partial charge in [0.05, 0.1) is 6.61 Å². The van der Waals surface area contributed by atoms with Crippen LogP contribution in [0.25, 0.3) is 0 Å². The summed E-state index contributed by atoms with van der Waals surface area (Å²) in [5, 5.41) is 0. The van der Waals surface area contributed by atoms with Crippen LogP contribution < -0.4 is 4.74 Å². The molecule has 1 heteroatoms. The van der Waals surface area contributed by atoms with Crippen molar-refractivity contribution < 1.29 is 4.74 Å². The molecular formula is C22H26O.